The van der Waals surface area contributed by atoms with Gasteiger partial charge >= 0.3 is 5.69 Å². The summed E-state index contributed by atoms with van der Waals surface area (Å²) < 4.78 is 2.12. The van der Waals surface area contributed by atoms with Crippen molar-refractivity contribution in [1.82, 2.24) is 14.8 Å². The van der Waals surface area contributed by atoms with Gasteiger partial charge in [0.25, 0.3) is 0 Å². The van der Waals surface area contributed by atoms with Gasteiger partial charge in [0.05, 0.1) is 0 Å². The molecule has 1 heterocycles. The van der Waals surface area contributed by atoms with E-state index in [0.717, 1.165) is 0 Å². The molecule has 1 aromatic rings. The maximum Gasteiger partial charge on any atom is 0.342 e. The Kier molecular flexibility index (Phi) is 1.68. The van der Waals surface area contributed by atoms with Crippen molar-refractivity contribution in [3.63, 3.8) is 0 Å². The molecule has 2 rings (SSSR count). The zero-order valence-electron chi connectivity index (χ0n) is 6.83. The minimum absolute atomic E-state index is 0.126. The standard InChI is InChI=1S/C7H11N3OS/c1-4(5-2-3-5)10-6(11)8-9-7(10)12/h4-5H,2-3H2,1H3,(H,8,11)(H,9,12). The van der Waals surface area contributed by atoms with Gasteiger partial charge in [-0.3, -0.25) is 9.67 Å². The molecule has 0 bridgehead atoms. The Labute approximate surface area is 74.6 Å². The van der Waals surface area contributed by atoms with E-state index in [1.54, 1.807) is 4.57 Å². The quantitative estimate of drug-likeness (QED) is 0.680. The van der Waals surface area contributed by atoms with Crippen LogP contribution >= 0.6 is 12.2 Å². The molecule has 2 N–H and O–H groups in total. The summed E-state index contributed by atoms with van der Waals surface area (Å²) in [6.45, 7) is 2.04. The molecule has 1 aliphatic rings. The van der Waals surface area contributed by atoms with Gasteiger partial charge in [-0.05, 0) is 37.9 Å². The molecule has 0 aromatic carbocycles. The van der Waals surface area contributed by atoms with Crippen molar-refractivity contribution in [2.75, 3.05) is 0 Å². The van der Waals surface area contributed by atoms with Gasteiger partial charge in [-0.25, -0.2) is 9.89 Å². The van der Waals surface area contributed by atoms with E-state index in [1.807, 2.05) is 6.92 Å². The van der Waals surface area contributed by atoms with Crippen LogP contribution in [-0.4, -0.2) is 14.8 Å². The van der Waals surface area contributed by atoms with Crippen LogP contribution in [0.2, 0.25) is 0 Å². The van der Waals surface area contributed by atoms with E-state index in [-0.39, 0.29) is 11.7 Å². The van der Waals surface area contributed by atoms with Crippen LogP contribution in [0, 0.1) is 10.7 Å². The summed E-state index contributed by atoms with van der Waals surface area (Å²) in [5.74, 6) is 0.647. The van der Waals surface area contributed by atoms with E-state index in [1.165, 1.54) is 12.8 Å². The summed E-state index contributed by atoms with van der Waals surface area (Å²) in [5.41, 5.74) is -0.126. The van der Waals surface area contributed by atoms with Crippen LogP contribution in [0.5, 0.6) is 0 Å². The average Bonchev–Trinajstić information content (AvgIpc) is 2.79. The summed E-state index contributed by atoms with van der Waals surface area (Å²) in [6.07, 6.45) is 2.43. The monoisotopic (exact) mass is 185 g/mol. The van der Waals surface area contributed by atoms with Crippen LogP contribution in [0.25, 0.3) is 0 Å². The van der Waals surface area contributed by atoms with Crippen molar-refractivity contribution in [3.8, 4) is 0 Å². The van der Waals surface area contributed by atoms with Crippen molar-refractivity contribution in [1.29, 1.82) is 0 Å². The van der Waals surface area contributed by atoms with Gasteiger partial charge in [0.1, 0.15) is 0 Å². The largest absolute Gasteiger partial charge is 0.342 e. The first-order chi connectivity index (χ1) is 5.70. The Morgan fingerprint density at radius 2 is 2.25 bits per heavy atom. The average molecular weight is 185 g/mol. The Morgan fingerprint density at radius 1 is 1.58 bits per heavy atom. The highest BCUT2D eigenvalue weighted by Gasteiger charge is 2.30. The van der Waals surface area contributed by atoms with Crippen LogP contribution in [0.4, 0.5) is 0 Å². The minimum Gasteiger partial charge on any atom is -0.272 e. The fraction of sp³-hybridized carbons (Fsp3) is 0.714. The molecule has 0 amide bonds. The summed E-state index contributed by atoms with van der Waals surface area (Å²) in [5, 5.41) is 5.12. The van der Waals surface area contributed by atoms with Crippen LogP contribution in [0.3, 0.4) is 0 Å². The van der Waals surface area contributed by atoms with E-state index < -0.39 is 0 Å². The van der Waals surface area contributed by atoms with Crippen molar-refractivity contribution in [2.45, 2.75) is 25.8 Å². The van der Waals surface area contributed by atoms with Crippen LogP contribution in [-0.2, 0) is 0 Å². The predicted octanol–water partition coefficient (Wildman–Crippen LogP) is 1.20. The smallest absolute Gasteiger partial charge is 0.272 e. The molecule has 1 saturated carbocycles. The first-order valence-electron chi connectivity index (χ1n) is 4.09. The summed E-state index contributed by atoms with van der Waals surface area (Å²) in [4.78, 5) is 11.2. The molecule has 4 nitrogen and oxygen atoms in total. The fourth-order valence-corrected chi connectivity index (χ4v) is 1.78. The molecule has 0 spiro atoms. The Hall–Kier alpha value is -0.840. The Balaban J connectivity index is 2.43. The lowest BCUT2D eigenvalue weighted by Gasteiger charge is -2.08. The molecule has 0 aliphatic heterocycles. The molecule has 1 atom stereocenters. The highest BCUT2D eigenvalue weighted by atomic mass is 32.1. The predicted molar refractivity (Wildman–Crippen MR) is 47.7 cm³/mol. The number of aromatic nitrogens is 3. The lowest BCUT2D eigenvalue weighted by atomic mass is 10.2. The van der Waals surface area contributed by atoms with Crippen molar-refractivity contribution in [3.05, 3.63) is 15.3 Å². The van der Waals surface area contributed by atoms with Crippen LogP contribution < -0.4 is 5.69 Å². The third-order valence-corrected chi connectivity index (χ3v) is 2.72. The molecule has 1 unspecified atom stereocenters. The first-order valence-corrected chi connectivity index (χ1v) is 4.50. The second-order valence-electron chi connectivity index (χ2n) is 3.31. The highest BCUT2D eigenvalue weighted by molar-refractivity contribution is 7.71. The zero-order valence-corrected chi connectivity index (χ0v) is 7.65. The van der Waals surface area contributed by atoms with Crippen molar-refractivity contribution < 1.29 is 0 Å². The molecule has 1 fully saturated rings. The SMILES string of the molecule is CC(C1CC1)n1c(=O)[nH][nH]c1=S. The Morgan fingerprint density at radius 3 is 2.67 bits per heavy atom. The second-order valence-corrected chi connectivity index (χ2v) is 3.70. The number of hydrogen-bond donors (Lipinski definition) is 2. The van der Waals surface area contributed by atoms with E-state index in [4.69, 9.17) is 12.2 Å². The third-order valence-electron chi connectivity index (χ3n) is 2.43. The Bertz CT molecular complexity index is 356. The molecule has 0 radical (unpaired) electrons. The molecule has 1 aliphatic carbocycles. The van der Waals surface area contributed by atoms with Gasteiger partial charge in [-0.1, -0.05) is 0 Å². The van der Waals surface area contributed by atoms with E-state index in [9.17, 15) is 4.79 Å². The van der Waals surface area contributed by atoms with E-state index >= 15 is 0 Å². The summed E-state index contributed by atoms with van der Waals surface area (Å²) in [7, 11) is 0. The first kappa shape index (κ1) is 7.79. The van der Waals surface area contributed by atoms with Crippen LogP contribution in [0.1, 0.15) is 25.8 Å². The van der Waals surface area contributed by atoms with Gasteiger partial charge in [0, 0.05) is 6.04 Å². The molecular formula is C7H11N3OS. The van der Waals surface area contributed by atoms with E-state index in [2.05, 4.69) is 10.2 Å². The highest BCUT2D eigenvalue weighted by Crippen LogP contribution is 2.38. The summed E-state index contributed by atoms with van der Waals surface area (Å²) >= 11 is 4.97. The van der Waals surface area contributed by atoms with Crippen molar-refractivity contribution >= 4 is 12.2 Å². The van der Waals surface area contributed by atoms with Gasteiger partial charge < -0.3 is 0 Å². The number of nitrogens with one attached hydrogen (secondary N) is 2. The number of nitrogens with zero attached hydrogens (tertiary/aromatic N) is 1. The second kappa shape index (κ2) is 2.58. The maximum absolute atomic E-state index is 11.2. The zero-order chi connectivity index (χ0) is 8.72. The lowest BCUT2D eigenvalue weighted by Crippen LogP contribution is -2.21. The number of H-pyrrole nitrogens is 2. The van der Waals surface area contributed by atoms with Gasteiger partial charge in [-0.15, -0.1) is 0 Å². The molecule has 66 valence electrons. The van der Waals surface area contributed by atoms with Gasteiger partial charge in [0.2, 0.25) is 0 Å². The summed E-state index contributed by atoms with van der Waals surface area (Å²) in [6, 6.07) is 0.243. The molecule has 12 heavy (non-hydrogen) atoms. The van der Waals surface area contributed by atoms with Crippen LogP contribution in [0.15, 0.2) is 4.79 Å². The van der Waals surface area contributed by atoms with Gasteiger partial charge in [-0.2, -0.15) is 0 Å². The molecular weight excluding hydrogens is 174 g/mol. The molecule has 5 heteroatoms. The third kappa shape index (κ3) is 1.14. The minimum atomic E-state index is -0.126. The number of aromatic amines is 2. The van der Waals surface area contributed by atoms with Crippen molar-refractivity contribution in [2.24, 2.45) is 5.92 Å². The molecule has 1 aromatic heterocycles. The molecule has 0 saturated heterocycles. The maximum atomic E-state index is 11.2. The van der Waals surface area contributed by atoms with Gasteiger partial charge in [0.15, 0.2) is 4.77 Å². The lowest BCUT2D eigenvalue weighted by molar-refractivity contribution is 0.467. The number of rotatable bonds is 2. The normalized spacial score (nSPS) is 19.4. The number of hydrogen-bond acceptors (Lipinski definition) is 2. The topological polar surface area (TPSA) is 53.6 Å². The fourth-order valence-electron chi connectivity index (χ4n) is 1.48. The van der Waals surface area contributed by atoms with E-state index in [0.29, 0.717) is 10.7 Å².